The summed E-state index contributed by atoms with van der Waals surface area (Å²) in [6.45, 7) is 3.06. The molecule has 4 rings (SSSR count). The summed E-state index contributed by atoms with van der Waals surface area (Å²) in [5.41, 5.74) is 2.13. The fourth-order valence-corrected chi connectivity index (χ4v) is 3.94. The van der Waals surface area contributed by atoms with Crippen LogP contribution in [-0.2, 0) is 22.7 Å². The summed E-state index contributed by atoms with van der Waals surface area (Å²) in [5, 5.41) is 0. The van der Waals surface area contributed by atoms with Gasteiger partial charge in [-0.1, -0.05) is 30.3 Å². The van der Waals surface area contributed by atoms with Crippen LogP contribution in [0.25, 0.3) is 11.0 Å². The second-order valence-electron chi connectivity index (χ2n) is 7.49. The van der Waals surface area contributed by atoms with Gasteiger partial charge in [0.2, 0.25) is 5.91 Å². The third-order valence-corrected chi connectivity index (χ3v) is 5.52. The Hall–Kier alpha value is -2.86. The van der Waals surface area contributed by atoms with Gasteiger partial charge in [0.15, 0.2) is 0 Å². The Morgan fingerprint density at radius 1 is 1.07 bits per heavy atom. The Bertz CT molecular complexity index is 946. The number of hydrogen-bond acceptors (Lipinski definition) is 4. The van der Waals surface area contributed by atoms with E-state index in [2.05, 4.69) is 10.6 Å². The summed E-state index contributed by atoms with van der Waals surface area (Å²) >= 11 is 0. The maximum absolute atomic E-state index is 12.0. The molecule has 1 fully saturated rings. The highest BCUT2D eigenvalue weighted by molar-refractivity contribution is 5.77. The predicted octanol–water partition coefficient (Wildman–Crippen LogP) is 3.50. The third kappa shape index (κ3) is 4.59. The second-order valence-corrected chi connectivity index (χ2v) is 7.49. The third-order valence-electron chi connectivity index (χ3n) is 5.52. The SMILES string of the molecule is COCC(=O)N1CCC(Cn2c(COc3ccccc3)nc3ccccc32)CC1. The van der Waals surface area contributed by atoms with E-state index in [0.29, 0.717) is 12.5 Å². The molecule has 1 aliphatic rings. The zero-order valence-electron chi connectivity index (χ0n) is 16.8. The van der Waals surface area contributed by atoms with Gasteiger partial charge in [-0.15, -0.1) is 0 Å². The van der Waals surface area contributed by atoms with Crippen LogP contribution in [0.3, 0.4) is 0 Å². The molecule has 0 saturated carbocycles. The van der Waals surface area contributed by atoms with Crippen LogP contribution in [0.1, 0.15) is 18.7 Å². The number of benzene rings is 2. The van der Waals surface area contributed by atoms with Crippen molar-refractivity contribution in [1.82, 2.24) is 14.5 Å². The number of ether oxygens (including phenoxy) is 2. The van der Waals surface area contributed by atoms with Gasteiger partial charge >= 0.3 is 0 Å². The first-order valence-electron chi connectivity index (χ1n) is 10.1. The minimum absolute atomic E-state index is 0.0796. The molecule has 2 aromatic carbocycles. The molecule has 29 heavy (non-hydrogen) atoms. The van der Waals surface area contributed by atoms with Gasteiger partial charge in [-0.05, 0) is 43.0 Å². The lowest BCUT2D eigenvalue weighted by atomic mass is 9.96. The van der Waals surface area contributed by atoms with Gasteiger partial charge in [0.1, 0.15) is 24.8 Å². The van der Waals surface area contributed by atoms with Gasteiger partial charge in [0.05, 0.1) is 11.0 Å². The average molecular weight is 393 g/mol. The highest BCUT2D eigenvalue weighted by Crippen LogP contribution is 2.24. The molecular formula is C23H27N3O3. The molecule has 0 atom stereocenters. The summed E-state index contributed by atoms with van der Waals surface area (Å²) in [7, 11) is 1.56. The summed E-state index contributed by atoms with van der Waals surface area (Å²) in [5.74, 6) is 2.37. The van der Waals surface area contributed by atoms with Gasteiger partial charge in [-0.25, -0.2) is 4.98 Å². The molecule has 0 bridgehead atoms. The number of aromatic nitrogens is 2. The number of para-hydroxylation sites is 3. The van der Waals surface area contributed by atoms with Crippen molar-refractivity contribution < 1.29 is 14.3 Å². The summed E-state index contributed by atoms with van der Waals surface area (Å²) < 4.78 is 13.2. The highest BCUT2D eigenvalue weighted by Gasteiger charge is 2.24. The number of carbonyl (C=O) groups excluding carboxylic acids is 1. The van der Waals surface area contributed by atoms with Gasteiger partial charge in [-0.2, -0.15) is 0 Å². The summed E-state index contributed by atoms with van der Waals surface area (Å²) in [4.78, 5) is 18.8. The molecule has 152 valence electrons. The topological polar surface area (TPSA) is 56.6 Å². The molecule has 0 aliphatic carbocycles. The van der Waals surface area contributed by atoms with E-state index in [4.69, 9.17) is 14.5 Å². The highest BCUT2D eigenvalue weighted by atomic mass is 16.5. The minimum atomic E-state index is 0.0796. The normalized spacial score (nSPS) is 15.0. The number of fused-ring (bicyclic) bond motifs is 1. The largest absolute Gasteiger partial charge is 0.486 e. The van der Waals surface area contributed by atoms with Crippen LogP contribution in [0.4, 0.5) is 0 Å². The van der Waals surface area contributed by atoms with Crippen molar-refractivity contribution in [2.45, 2.75) is 26.0 Å². The Morgan fingerprint density at radius 3 is 2.55 bits per heavy atom. The van der Waals surface area contributed by atoms with E-state index in [0.717, 1.165) is 55.1 Å². The van der Waals surface area contributed by atoms with Crippen molar-refractivity contribution >= 4 is 16.9 Å². The molecule has 6 heteroatoms. The number of rotatable bonds is 7. The van der Waals surface area contributed by atoms with E-state index in [1.54, 1.807) is 7.11 Å². The van der Waals surface area contributed by atoms with Crippen molar-refractivity contribution in [2.75, 3.05) is 26.8 Å². The summed E-state index contributed by atoms with van der Waals surface area (Å²) in [6.07, 6.45) is 1.97. The average Bonchev–Trinajstić information content (AvgIpc) is 3.11. The van der Waals surface area contributed by atoms with Gasteiger partial charge in [0, 0.05) is 26.7 Å². The maximum atomic E-state index is 12.0. The number of piperidine rings is 1. The fraction of sp³-hybridized carbons (Fsp3) is 0.391. The number of nitrogens with zero attached hydrogens (tertiary/aromatic N) is 3. The van der Waals surface area contributed by atoms with Crippen LogP contribution < -0.4 is 4.74 Å². The molecule has 0 spiro atoms. The van der Waals surface area contributed by atoms with E-state index in [1.807, 2.05) is 53.4 Å². The van der Waals surface area contributed by atoms with Gasteiger partial charge in [0.25, 0.3) is 0 Å². The van der Waals surface area contributed by atoms with Crippen molar-refractivity contribution in [3.05, 3.63) is 60.4 Å². The number of hydrogen-bond donors (Lipinski definition) is 0. The standard InChI is InChI=1S/C23H27N3O3/c1-28-17-23(27)25-13-11-18(12-14-25)15-26-21-10-6-5-9-20(21)24-22(26)16-29-19-7-3-2-4-8-19/h2-10,18H,11-17H2,1H3. The molecule has 1 aromatic heterocycles. The molecule has 1 amide bonds. The van der Waals surface area contributed by atoms with E-state index in [9.17, 15) is 4.79 Å². The molecular weight excluding hydrogens is 366 g/mol. The van der Waals surface area contributed by atoms with Crippen molar-refractivity contribution in [3.63, 3.8) is 0 Å². The Morgan fingerprint density at radius 2 is 1.79 bits per heavy atom. The van der Waals surface area contributed by atoms with Crippen molar-refractivity contribution in [3.8, 4) is 5.75 Å². The molecule has 0 unspecified atom stereocenters. The van der Waals surface area contributed by atoms with E-state index >= 15 is 0 Å². The van der Waals surface area contributed by atoms with Crippen LogP contribution in [0, 0.1) is 5.92 Å². The van der Waals surface area contributed by atoms with E-state index in [1.165, 1.54) is 0 Å². The molecule has 0 N–H and O–H groups in total. The van der Waals surface area contributed by atoms with Crippen LogP contribution in [-0.4, -0.2) is 47.2 Å². The number of likely N-dealkylation sites (tertiary alicyclic amines) is 1. The molecule has 6 nitrogen and oxygen atoms in total. The smallest absolute Gasteiger partial charge is 0.248 e. The lowest BCUT2D eigenvalue weighted by molar-refractivity contribution is -0.136. The quantitative estimate of drug-likeness (QED) is 0.617. The number of carbonyl (C=O) groups is 1. The molecule has 0 radical (unpaired) electrons. The van der Waals surface area contributed by atoms with E-state index < -0.39 is 0 Å². The number of methoxy groups -OCH3 is 1. The molecule has 2 heterocycles. The van der Waals surface area contributed by atoms with Gasteiger partial charge < -0.3 is 18.9 Å². The lowest BCUT2D eigenvalue weighted by Gasteiger charge is -2.32. The second kappa shape index (κ2) is 9.09. The van der Waals surface area contributed by atoms with E-state index in [-0.39, 0.29) is 12.5 Å². The molecule has 3 aromatic rings. The first kappa shape index (κ1) is 19.5. The number of amides is 1. The van der Waals surface area contributed by atoms with Crippen LogP contribution in [0.15, 0.2) is 54.6 Å². The Kier molecular flexibility index (Phi) is 6.10. The zero-order valence-corrected chi connectivity index (χ0v) is 16.8. The first-order valence-corrected chi connectivity index (χ1v) is 10.1. The lowest BCUT2D eigenvalue weighted by Crippen LogP contribution is -2.41. The molecule has 1 aliphatic heterocycles. The summed E-state index contributed by atoms with van der Waals surface area (Å²) in [6, 6.07) is 18.1. The van der Waals surface area contributed by atoms with Crippen LogP contribution in [0.5, 0.6) is 5.75 Å². The maximum Gasteiger partial charge on any atom is 0.248 e. The van der Waals surface area contributed by atoms with Crippen molar-refractivity contribution in [2.24, 2.45) is 5.92 Å². The zero-order chi connectivity index (χ0) is 20.1. The van der Waals surface area contributed by atoms with Crippen LogP contribution >= 0.6 is 0 Å². The Balaban J connectivity index is 1.47. The first-order chi connectivity index (χ1) is 14.2. The van der Waals surface area contributed by atoms with Crippen molar-refractivity contribution in [1.29, 1.82) is 0 Å². The molecule has 1 saturated heterocycles. The van der Waals surface area contributed by atoms with Crippen LogP contribution in [0.2, 0.25) is 0 Å². The minimum Gasteiger partial charge on any atom is -0.486 e. The predicted molar refractivity (Wildman–Crippen MR) is 112 cm³/mol. The number of imidazole rings is 1. The van der Waals surface area contributed by atoms with Gasteiger partial charge in [-0.3, -0.25) is 4.79 Å². The fourth-order valence-electron chi connectivity index (χ4n) is 3.94. The Labute approximate surface area is 171 Å². The monoisotopic (exact) mass is 393 g/mol.